The zero-order valence-electron chi connectivity index (χ0n) is 14.9. The Hall–Kier alpha value is -3.94. The van der Waals surface area contributed by atoms with Gasteiger partial charge < -0.3 is 20.4 Å². The number of nitrogens with one attached hydrogen (secondary N) is 3. The Morgan fingerprint density at radius 2 is 1.93 bits per heavy atom. The summed E-state index contributed by atoms with van der Waals surface area (Å²) in [5, 5.41) is 5.44. The molecule has 0 saturated heterocycles. The molecule has 0 unspecified atom stereocenters. The highest BCUT2D eigenvalue weighted by atomic mass is 19.1. The molecule has 140 valence electrons. The summed E-state index contributed by atoms with van der Waals surface area (Å²) in [6.45, 7) is 0. The topological polar surface area (TPSA) is 91.9 Å². The fourth-order valence-corrected chi connectivity index (χ4v) is 2.66. The largest absolute Gasteiger partial charge is 0.457 e. The van der Waals surface area contributed by atoms with Gasteiger partial charge in [-0.1, -0.05) is 12.1 Å². The second-order valence-corrected chi connectivity index (χ2v) is 5.93. The fraction of sp³-hybridized carbons (Fsp3) is 0.0500. The van der Waals surface area contributed by atoms with Crippen molar-refractivity contribution < 1.29 is 13.9 Å². The smallest absolute Gasteiger partial charge is 0.269 e. The highest BCUT2D eigenvalue weighted by molar-refractivity contribution is 5.92. The third-order valence-corrected chi connectivity index (χ3v) is 4.01. The van der Waals surface area contributed by atoms with E-state index in [2.05, 4.69) is 25.6 Å². The normalized spacial score (nSPS) is 10.6. The van der Waals surface area contributed by atoms with Gasteiger partial charge in [-0.3, -0.25) is 9.78 Å². The van der Waals surface area contributed by atoms with Crippen LogP contribution in [0, 0.1) is 5.82 Å². The quantitative estimate of drug-likeness (QED) is 0.489. The van der Waals surface area contributed by atoms with Crippen LogP contribution in [0.1, 0.15) is 10.5 Å². The maximum absolute atomic E-state index is 13.8. The number of para-hydroxylation sites is 1. The molecule has 2 heterocycles. The molecule has 3 N–H and O–H groups in total. The number of fused-ring (bicyclic) bond motifs is 1. The van der Waals surface area contributed by atoms with Crippen molar-refractivity contribution >= 4 is 28.6 Å². The molecule has 0 saturated carbocycles. The Bertz CT molecular complexity index is 1160. The fourth-order valence-electron chi connectivity index (χ4n) is 2.66. The summed E-state index contributed by atoms with van der Waals surface area (Å²) in [7, 11) is 1.54. The Morgan fingerprint density at radius 1 is 1.11 bits per heavy atom. The third-order valence-electron chi connectivity index (χ3n) is 4.01. The van der Waals surface area contributed by atoms with Crippen LogP contribution in [0.5, 0.6) is 11.5 Å². The van der Waals surface area contributed by atoms with Gasteiger partial charge in [0, 0.05) is 25.4 Å². The molecule has 0 aliphatic rings. The molecule has 2 aromatic carbocycles. The van der Waals surface area contributed by atoms with Crippen LogP contribution in [0.15, 0.2) is 60.8 Å². The molecule has 0 fully saturated rings. The molecule has 0 spiro atoms. The number of imidazole rings is 1. The van der Waals surface area contributed by atoms with E-state index < -0.39 is 0 Å². The van der Waals surface area contributed by atoms with Crippen molar-refractivity contribution in [2.45, 2.75) is 0 Å². The van der Waals surface area contributed by atoms with Gasteiger partial charge in [-0.2, -0.15) is 0 Å². The molecule has 0 aliphatic heterocycles. The number of pyridine rings is 1. The van der Waals surface area contributed by atoms with Crippen molar-refractivity contribution in [3.8, 4) is 11.5 Å². The molecule has 0 atom stereocenters. The number of aromatic nitrogens is 3. The van der Waals surface area contributed by atoms with Crippen molar-refractivity contribution in [2.75, 3.05) is 12.4 Å². The molecule has 7 nitrogen and oxygen atoms in total. The number of H-pyrrole nitrogens is 1. The van der Waals surface area contributed by atoms with Crippen molar-refractivity contribution in [2.24, 2.45) is 0 Å². The number of rotatable bonds is 5. The minimum Gasteiger partial charge on any atom is -0.457 e. The molecular formula is C20H16FN5O2. The number of aromatic amines is 1. The monoisotopic (exact) mass is 377 g/mol. The van der Waals surface area contributed by atoms with Crippen molar-refractivity contribution in [1.82, 2.24) is 20.3 Å². The predicted octanol–water partition coefficient (Wildman–Crippen LogP) is 3.99. The lowest BCUT2D eigenvalue weighted by molar-refractivity contribution is 0.0958. The van der Waals surface area contributed by atoms with Gasteiger partial charge in [-0.05, 0) is 30.3 Å². The van der Waals surface area contributed by atoms with Crippen LogP contribution in [0.3, 0.4) is 0 Å². The van der Waals surface area contributed by atoms with E-state index >= 15 is 0 Å². The average molecular weight is 377 g/mol. The van der Waals surface area contributed by atoms with Crippen molar-refractivity contribution in [1.29, 1.82) is 0 Å². The summed E-state index contributed by atoms with van der Waals surface area (Å²) in [6.07, 6.45) is 1.50. The maximum Gasteiger partial charge on any atom is 0.269 e. The number of hydrogen-bond acceptors (Lipinski definition) is 5. The van der Waals surface area contributed by atoms with E-state index in [0.29, 0.717) is 28.7 Å². The SMILES string of the molecule is CNC(=O)c1cc(Oc2ccc3[nH]c(Nc4ccccc4F)nc3c2)ccn1. The molecular weight excluding hydrogens is 361 g/mol. The summed E-state index contributed by atoms with van der Waals surface area (Å²) in [5.74, 6) is 0.787. The Labute approximate surface area is 159 Å². The zero-order chi connectivity index (χ0) is 19.5. The molecule has 1 amide bonds. The number of benzene rings is 2. The highest BCUT2D eigenvalue weighted by Gasteiger charge is 2.09. The van der Waals surface area contributed by atoms with Gasteiger partial charge in [0.25, 0.3) is 5.91 Å². The molecule has 4 aromatic rings. The second-order valence-electron chi connectivity index (χ2n) is 5.93. The lowest BCUT2D eigenvalue weighted by Crippen LogP contribution is -2.18. The summed E-state index contributed by atoms with van der Waals surface area (Å²) >= 11 is 0. The first-order valence-electron chi connectivity index (χ1n) is 8.50. The van der Waals surface area contributed by atoms with Crippen LogP contribution in [0.4, 0.5) is 16.0 Å². The van der Waals surface area contributed by atoms with Crippen LogP contribution >= 0.6 is 0 Å². The summed E-state index contributed by atoms with van der Waals surface area (Å²) in [4.78, 5) is 23.2. The van der Waals surface area contributed by atoms with Crippen molar-refractivity contribution in [3.05, 3.63) is 72.3 Å². The van der Waals surface area contributed by atoms with Gasteiger partial charge >= 0.3 is 0 Å². The molecule has 4 rings (SSSR count). The lowest BCUT2D eigenvalue weighted by Gasteiger charge is -2.06. The molecule has 28 heavy (non-hydrogen) atoms. The first-order chi connectivity index (χ1) is 13.6. The van der Waals surface area contributed by atoms with E-state index in [9.17, 15) is 9.18 Å². The standard InChI is InChI=1S/C20H16FN5O2/c1-22-19(27)18-11-13(8-9-23-18)28-12-6-7-16-17(10-12)26-20(25-16)24-15-5-3-2-4-14(15)21/h2-11H,1H3,(H,22,27)(H2,24,25,26). The van der Waals surface area contributed by atoms with E-state index in [0.717, 1.165) is 5.52 Å². The average Bonchev–Trinajstić information content (AvgIpc) is 3.11. The van der Waals surface area contributed by atoms with Crippen LogP contribution in [-0.2, 0) is 0 Å². The Kier molecular flexibility index (Phi) is 4.59. The van der Waals surface area contributed by atoms with Gasteiger partial charge in [0.05, 0.1) is 16.7 Å². The number of ether oxygens (including phenoxy) is 1. The van der Waals surface area contributed by atoms with Crippen LogP contribution < -0.4 is 15.4 Å². The highest BCUT2D eigenvalue weighted by Crippen LogP contribution is 2.27. The first-order valence-corrected chi connectivity index (χ1v) is 8.50. The number of halogens is 1. The number of carbonyl (C=O) groups is 1. The number of carbonyl (C=O) groups excluding carboxylic acids is 1. The second kappa shape index (κ2) is 7.36. The molecule has 0 aliphatic carbocycles. The number of hydrogen-bond donors (Lipinski definition) is 3. The summed E-state index contributed by atoms with van der Waals surface area (Å²) < 4.78 is 19.6. The lowest BCUT2D eigenvalue weighted by atomic mass is 10.3. The minimum absolute atomic E-state index is 0.261. The van der Waals surface area contributed by atoms with Gasteiger partial charge in [-0.15, -0.1) is 0 Å². The summed E-state index contributed by atoms with van der Waals surface area (Å²) in [6, 6.07) is 14.9. The first kappa shape index (κ1) is 17.5. The molecule has 8 heteroatoms. The van der Waals surface area contributed by atoms with Crippen molar-refractivity contribution in [3.63, 3.8) is 0 Å². The van der Waals surface area contributed by atoms with E-state index in [-0.39, 0.29) is 17.4 Å². The van der Waals surface area contributed by atoms with Gasteiger partial charge in [0.1, 0.15) is 23.0 Å². The minimum atomic E-state index is -0.364. The van der Waals surface area contributed by atoms with Gasteiger partial charge in [0.2, 0.25) is 5.95 Å². The van der Waals surface area contributed by atoms with E-state index in [1.807, 2.05) is 6.07 Å². The van der Waals surface area contributed by atoms with E-state index in [1.54, 1.807) is 42.5 Å². The van der Waals surface area contributed by atoms with Gasteiger partial charge in [-0.25, -0.2) is 9.37 Å². The van der Waals surface area contributed by atoms with Crippen LogP contribution in [-0.4, -0.2) is 27.9 Å². The summed E-state index contributed by atoms with van der Waals surface area (Å²) in [5.41, 5.74) is 2.01. The number of anilines is 2. The number of amides is 1. The molecule has 0 bridgehead atoms. The molecule has 0 radical (unpaired) electrons. The van der Waals surface area contributed by atoms with E-state index in [1.165, 1.54) is 19.3 Å². The van der Waals surface area contributed by atoms with Crippen LogP contribution in [0.2, 0.25) is 0 Å². The number of nitrogens with zero attached hydrogens (tertiary/aromatic N) is 2. The van der Waals surface area contributed by atoms with Gasteiger partial charge in [0.15, 0.2) is 0 Å². The Balaban J connectivity index is 1.57. The maximum atomic E-state index is 13.8. The Morgan fingerprint density at radius 3 is 2.75 bits per heavy atom. The van der Waals surface area contributed by atoms with Crippen LogP contribution in [0.25, 0.3) is 11.0 Å². The molecule has 2 aromatic heterocycles. The predicted molar refractivity (Wildman–Crippen MR) is 103 cm³/mol. The zero-order valence-corrected chi connectivity index (χ0v) is 14.9. The van der Waals surface area contributed by atoms with E-state index in [4.69, 9.17) is 4.74 Å². The third kappa shape index (κ3) is 3.61.